The van der Waals surface area contributed by atoms with Crippen LogP contribution < -0.4 is 5.32 Å². The van der Waals surface area contributed by atoms with E-state index in [-0.39, 0.29) is 24.6 Å². The smallest absolute Gasteiger partial charge is 0.324 e. The molecule has 0 fully saturated rings. The zero-order valence-electron chi connectivity index (χ0n) is 10.2. The molecule has 1 N–H and O–H groups in total. The van der Waals surface area contributed by atoms with E-state index in [2.05, 4.69) is 21.4 Å². The SMILES string of the molecule is C#CCN(CCC=O)C(=O)Nc1nnc([S+](C)[O-])s1. The molecular formula is C10H12N4O3S2. The summed E-state index contributed by atoms with van der Waals surface area (Å²) in [4.78, 5) is 23.5. The highest BCUT2D eigenvalue weighted by Gasteiger charge is 2.17. The number of aromatic nitrogens is 2. The monoisotopic (exact) mass is 300 g/mol. The normalized spacial score (nSPS) is 11.4. The number of nitrogens with one attached hydrogen (secondary N) is 1. The van der Waals surface area contributed by atoms with Crippen molar-refractivity contribution in [2.24, 2.45) is 0 Å². The second-order valence-corrected chi connectivity index (χ2v) is 5.87. The van der Waals surface area contributed by atoms with Crippen molar-refractivity contribution in [1.29, 1.82) is 0 Å². The Morgan fingerprint density at radius 2 is 2.42 bits per heavy atom. The second-order valence-electron chi connectivity index (χ2n) is 3.34. The van der Waals surface area contributed by atoms with Crippen LogP contribution in [-0.2, 0) is 16.0 Å². The molecule has 102 valence electrons. The van der Waals surface area contributed by atoms with E-state index in [9.17, 15) is 14.1 Å². The molecule has 0 saturated heterocycles. The Morgan fingerprint density at radius 3 is 2.95 bits per heavy atom. The van der Waals surface area contributed by atoms with Gasteiger partial charge in [-0.05, 0) is 11.3 Å². The first-order chi connectivity index (χ1) is 9.08. The molecule has 0 aromatic carbocycles. The molecule has 1 atom stereocenters. The first-order valence-corrected chi connectivity index (χ1v) is 7.56. The molecule has 0 aliphatic rings. The van der Waals surface area contributed by atoms with E-state index in [1.165, 1.54) is 11.2 Å². The molecular weight excluding hydrogens is 288 g/mol. The van der Waals surface area contributed by atoms with Crippen molar-refractivity contribution in [3.8, 4) is 12.3 Å². The van der Waals surface area contributed by atoms with Gasteiger partial charge in [0.25, 0.3) is 0 Å². The fourth-order valence-corrected chi connectivity index (χ4v) is 2.45. The van der Waals surface area contributed by atoms with Gasteiger partial charge >= 0.3 is 10.4 Å². The van der Waals surface area contributed by atoms with Crippen LogP contribution >= 0.6 is 11.3 Å². The highest BCUT2D eigenvalue weighted by Crippen LogP contribution is 2.19. The fourth-order valence-electron chi connectivity index (χ4n) is 1.12. The summed E-state index contributed by atoms with van der Waals surface area (Å²) in [7, 11) is 0. The second kappa shape index (κ2) is 7.73. The number of carbonyl (C=O) groups is 2. The fraction of sp³-hybridized carbons (Fsp3) is 0.400. The van der Waals surface area contributed by atoms with Crippen LogP contribution in [0.15, 0.2) is 4.34 Å². The molecule has 0 radical (unpaired) electrons. The summed E-state index contributed by atoms with van der Waals surface area (Å²) in [6, 6.07) is -0.468. The molecule has 0 bridgehead atoms. The molecule has 1 rings (SSSR count). The summed E-state index contributed by atoms with van der Waals surface area (Å²) in [5.41, 5.74) is 0. The molecule has 0 aliphatic carbocycles. The van der Waals surface area contributed by atoms with Gasteiger partial charge in [0.15, 0.2) is 0 Å². The van der Waals surface area contributed by atoms with Gasteiger partial charge in [0.2, 0.25) is 5.13 Å². The number of rotatable bonds is 6. The molecule has 2 amide bonds. The van der Waals surface area contributed by atoms with E-state index in [1.54, 1.807) is 0 Å². The third-order valence-electron chi connectivity index (χ3n) is 1.95. The number of urea groups is 1. The van der Waals surface area contributed by atoms with E-state index < -0.39 is 17.2 Å². The van der Waals surface area contributed by atoms with E-state index in [1.807, 2.05) is 0 Å². The van der Waals surface area contributed by atoms with Crippen LogP contribution in [-0.4, -0.2) is 51.3 Å². The summed E-state index contributed by atoms with van der Waals surface area (Å²) in [5.74, 6) is 2.33. The molecule has 1 aromatic heterocycles. The van der Waals surface area contributed by atoms with E-state index in [4.69, 9.17) is 6.42 Å². The average molecular weight is 300 g/mol. The van der Waals surface area contributed by atoms with Crippen molar-refractivity contribution in [3.63, 3.8) is 0 Å². The van der Waals surface area contributed by atoms with Gasteiger partial charge in [-0.15, -0.1) is 11.5 Å². The average Bonchev–Trinajstić information content (AvgIpc) is 2.83. The minimum Gasteiger partial charge on any atom is -0.610 e. The van der Waals surface area contributed by atoms with Crippen LogP contribution in [0.4, 0.5) is 9.93 Å². The largest absolute Gasteiger partial charge is 0.610 e. The Morgan fingerprint density at radius 1 is 1.68 bits per heavy atom. The van der Waals surface area contributed by atoms with Gasteiger partial charge in [0, 0.05) is 24.1 Å². The molecule has 0 saturated carbocycles. The number of hydrogen-bond donors (Lipinski definition) is 1. The molecule has 9 heteroatoms. The van der Waals surface area contributed by atoms with Crippen molar-refractivity contribution in [2.45, 2.75) is 10.8 Å². The number of aldehydes is 1. The van der Waals surface area contributed by atoms with Crippen molar-refractivity contribution in [3.05, 3.63) is 0 Å². The first-order valence-electron chi connectivity index (χ1n) is 5.18. The number of hydrogen-bond acceptors (Lipinski definition) is 6. The molecule has 0 aliphatic heterocycles. The maximum absolute atomic E-state index is 11.9. The number of amides is 2. The predicted molar refractivity (Wildman–Crippen MR) is 72.3 cm³/mol. The van der Waals surface area contributed by atoms with Crippen LogP contribution in [0.2, 0.25) is 0 Å². The Kier molecular flexibility index (Phi) is 6.27. The first kappa shape index (κ1) is 15.4. The maximum atomic E-state index is 11.9. The summed E-state index contributed by atoms with van der Waals surface area (Å²) < 4.78 is 11.5. The Bertz CT molecular complexity index is 483. The molecule has 1 unspecified atom stereocenters. The molecule has 7 nitrogen and oxygen atoms in total. The lowest BCUT2D eigenvalue weighted by molar-refractivity contribution is -0.108. The maximum Gasteiger partial charge on any atom is 0.324 e. The topological polar surface area (TPSA) is 98.2 Å². The van der Waals surface area contributed by atoms with Gasteiger partial charge < -0.3 is 14.2 Å². The standard InChI is InChI=1S/C10H12N4O3S2/c1-3-5-14(6-4-7-15)9(16)11-8-12-13-10(18-8)19(2)17/h1,7H,4-6H2,2H3,(H,11,12,16). The molecule has 0 spiro atoms. The third kappa shape index (κ3) is 4.86. The third-order valence-corrected chi connectivity index (χ3v) is 4.11. The van der Waals surface area contributed by atoms with Crippen LogP contribution in [0.5, 0.6) is 0 Å². The minimum absolute atomic E-state index is 0.0883. The van der Waals surface area contributed by atoms with Crippen molar-refractivity contribution < 1.29 is 14.1 Å². The van der Waals surface area contributed by atoms with E-state index >= 15 is 0 Å². The van der Waals surface area contributed by atoms with Crippen molar-refractivity contribution in [2.75, 3.05) is 24.7 Å². The Labute approximate surface area is 117 Å². The van der Waals surface area contributed by atoms with Gasteiger partial charge in [-0.2, -0.15) is 0 Å². The summed E-state index contributed by atoms with van der Waals surface area (Å²) >= 11 is -0.214. The van der Waals surface area contributed by atoms with Crippen molar-refractivity contribution >= 4 is 40.0 Å². The minimum atomic E-state index is -1.24. The predicted octanol–water partition coefficient (Wildman–Crippen LogP) is 0.332. The van der Waals surface area contributed by atoms with Crippen molar-refractivity contribution in [1.82, 2.24) is 15.1 Å². The van der Waals surface area contributed by atoms with E-state index in [0.29, 0.717) is 10.6 Å². The van der Waals surface area contributed by atoms with Gasteiger partial charge in [-0.3, -0.25) is 5.32 Å². The zero-order valence-corrected chi connectivity index (χ0v) is 11.8. The van der Waals surface area contributed by atoms with Crippen LogP contribution in [0.3, 0.4) is 0 Å². The number of nitrogens with zero attached hydrogens (tertiary/aromatic N) is 3. The lowest BCUT2D eigenvalue weighted by Gasteiger charge is -2.18. The van der Waals surface area contributed by atoms with Gasteiger partial charge in [-0.25, -0.2) is 4.79 Å². The van der Waals surface area contributed by atoms with Crippen LogP contribution in [0.1, 0.15) is 6.42 Å². The summed E-state index contributed by atoms with van der Waals surface area (Å²) in [6.07, 6.45) is 7.54. The number of terminal acetylenes is 1. The molecule has 19 heavy (non-hydrogen) atoms. The van der Waals surface area contributed by atoms with Crippen LogP contribution in [0, 0.1) is 12.3 Å². The van der Waals surface area contributed by atoms with E-state index in [0.717, 1.165) is 11.3 Å². The van der Waals surface area contributed by atoms with Gasteiger partial charge in [0.1, 0.15) is 12.5 Å². The lowest BCUT2D eigenvalue weighted by Crippen LogP contribution is -2.36. The Hall–Kier alpha value is -1.63. The van der Waals surface area contributed by atoms with Gasteiger partial charge in [0.05, 0.1) is 6.54 Å². The van der Waals surface area contributed by atoms with Crippen LogP contribution in [0.25, 0.3) is 0 Å². The highest BCUT2D eigenvalue weighted by molar-refractivity contribution is 7.92. The van der Waals surface area contributed by atoms with Gasteiger partial charge in [-0.1, -0.05) is 11.0 Å². The highest BCUT2D eigenvalue weighted by atomic mass is 32.2. The lowest BCUT2D eigenvalue weighted by atomic mass is 10.4. The summed E-state index contributed by atoms with van der Waals surface area (Å²) in [6.45, 7) is 0.315. The molecule has 1 heterocycles. The summed E-state index contributed by atoms with van der Waals surface area (Å²) in [5, 5.41) is 10.1. The number of anilines is 1. The zero-order chi connectivity index (χ0) is 14.3. The molecule has 1 aromatic rings. The quantitative estimate of drug-likeness (QED) is 0.353. The number of carbonyl (C=O) groups excluding carboxylic acids is 2. The Balaban J connectivity index is 2.64.